The standard InChI is InChI=1S/C12H17ClFN3/c13-10-1-2-11(14)12(9-10)17-7-5-16(4-3-15)6-8-17/h1-2,9H,3-8,15H2. The van der Waals surface area contributed by atoms with Gasteiger partial charge in [-0.3, -0.25) is 4.90 Å². The lowest BCUT2D eigenvalue weighted by Gasteiger charge is -2.36. The van der Waals surface area contributed by atoms with Gasteiger partial charge in [-0.15, -0.1) is 0 Å². The van der Waals surface area contributed by atoms with Crippen LogP contribution in [0.25, 0.3) is 0 Å². The fourth-order valence-corrected chi connectivity index (χ4v) is 2.29. The molecule has 0 radical (unpaired) electrons. The molecule has 1 aromatic carbocycles. The average molecular weight is 258 g/mol. The van der Waals surface area contributed by atoms with Gasteiger partial charge in [0.05, 0.1) is 5.69 Å². The first kappa shape index (κ1) is 12.6. The highest BCUT2D eigenvalue weighted by Crippen LogP contribution is 2.24. The predicted octanol–water partition coefficient (Wildman–Crippen LogP) is 1.56. The molecule has 1 fully saturated rings. The summed E-state index contributed by atoms with van der Waals surface area (Å²) in [6, 6.07) is 4.68. The summed E-state index contributed by atoms with van der Waals surface area (Å²) >= 11 is 5.89. The fraction of sp³-hybridized carbons (Fsp3) is 0.500. The van der Waals surface area contributed by atoms with Crippen LogP contribution in [0.2, 0.25) is 5.02 Å². The van der Waals surface area contributed by atoms with E-state index in [1.807, 2.05) is 4.90 Å². The molecule has 1 aliphatic rings. The Hall–Kier alpha value is -0.840. The van der Waals surface area contributed by atoms with E-state index < -0.39 is 0 Å². The van der Waals surface area contributed by atoms with Gasteiger partial charge >= 0.3 is 0 Å². The Bertz CT molecular complexity index is 378. The monoisotopic (exact) mass is 257 g/mol. The molecule has 0 aliphatic carbocycles. The van der Waals surface area contributed by atoms with E-state index in [2.05, 4.69) is 4.90 Å². The Morgan fingerprint density at radius 1 is 1.24 bits per heavy atom. The third-order valence-corrected chi connectivity index (χ3v) is 3.30. The number of piperazine rings is 1. The predicted molar refractivity (Wildman–Crippen MR) is 69.1 cm³/mol. The Balaban J connectivity index is 2.02. The maximum atomic E-state index is 13.7. The molecule has 0 spiro atoms. The normalized spacial score (nSPS) is 17.5. The van der Waals surface area contributed by atoms with Crippen LogP contribution in [0, 0.1) is 5.82 Å². The molecule has 17 heavy (non-hydrogen) atoms. The van der Waals surface area contributed by atoms with Crippen LogP contribution in [-0.2, 0) is 0 Å². The first-order chi connectivity index (χ1) is 8.20. The van der Waals surface area contributed by atoms with Crippen LogP contribution in [0.1, 0.15) is 0 Å². The molecule has 0 bridgehead atoms. The second kappa shape index (κ2) is 5.67. The molecule has 0 amide bonds. The van der Waals surface area contributed by atoms with E-state index in [0.717, 1.165) is 32.7 Å². The van der Waals surface area contributed by atoms with Crippen molar-refractivity contribution in [3.8, 4) is 0 Å². The van der Waals surface area contributed by atoms with Gasteiger partial charge in [-0.2, -0.15) is 0 Å². The van der Waals surface area contributed by atoms with Crippen LogP contribution < -0.4 is 10.6 Å². The lowest BCUT2D eigenvalue weighted by molar-refractivity contribution is 0.264. The zero-order valence-electron chi connectivity index (χ0n) is 9.70. The number of halogens is 2. The van der Waals surface area contributed by atoms with E-state index in [-0.39, 0.29) is 5.82 Å². The minimum Gasteiger partial charge on any atom is -0.367 e. The van der Waals surface area contributed by atoms with Gasteiger partial charge in [0, 0.05) is 44.3 Å². The molecule has 2 N–H and O–H groups in total. The maximum Gasteiger partial charge on any atom is 0.146 e. The smallest absolute Gasteiger partial charge is 0.146 e. The first-order valence-electron chi connectivity index (χ1n) is 5.83. The molecule has 2 rings (SSSR count). The summed E-state index contributed by atoms with van der Waals surface area (Å²) in [6.07, 6.45) is 0. The third-order valence-electron chi connectivity index (χ3n) is 3.07. The summed E-state index contributed by atoms with van der Waals surface area (Å²) < 4.78 is 13.7. The molecular weight excluding hydrogens is 241 g/mol. The van der Waals surface area contributed by atoms with Gasteiger partial charge in [0.1, 0.15) is 5.82 Å². The number of hydrogen-bond donors (Lipinski definition) is 1. The minimum absolute atomic E-state index is 0.207. The van der Waals surface area contributed by atoms with E-state index in [1.165, 1.54) is 6.07 Å². The first-order valence-corrected chi connectivity index (χ1v) is 6.21. The molecule has 94 valence electrons. The van der Waals surface area contributed by atoms with E-state index in [1.54, 1.807) is 12.1 Å². The highest BCUT2D eigenvalue weighted by Gasteiger charge is 2.18. The molecule has 1 saturated heterocycles. The summed E-state index contributed by atoms with van der Waals surface area (Å²) in [5.41, 5.74) is 6.12. The van der Waals surface area contributed by atoms with Gasteiger partial charge in [-0.1, -0.05) is 11.6 Å². The molecule has 1 aliphatic heterocycles. The SMILES string of the molecule is NCCN1CCN(c2cc(Cl)ccc2F)CC1. The summed E-state index contributed by atoms with van der Waals surface area (Å²) in [4.78, 5) is 4.33. The van der Waals surface area contributed by atoms with Gasteiger partial charge in [-0.25, -0.2) is 4.39 Å². The van der Waals surface area contributed by atoms with Crippen LogP contribution in [0.15, 0.2) is 18.2 Å². The summed E-state index contributed by atoms with van der Waals surface area (Å²) in [5.74, 6) is -0.207. The van der Waals surface area contributed by atoms with Gasteiger partial charge in [0.15, 0.2) is 0 Å². The number of anilines is 1. The Morgan fingerprint density at radius 2 is 1.94 bits per heavy atom. The van der Waals surface area contributed by atoms with Crippen LogP contribution in [-0.4, -0.2) is 44.2 Å². The molecule has 1 aromatic rings. The zero-order chi connectivity index (χ0) is 12.3. The van der Waals surface area contributed by atoms with Crippen molar-refractivity contribution in [3.63, 3.8) is 0 Å². The topological polar surface area (TPSA) is 32.5 Å². The molecular formula is C12H17ClFN3. The largest absolute Gasteiger partial charge is 0.367 e. The quantitative estimate of drug-likeness (QED) is 0.892. The van der Waals surface area contributed by atoms with E-state index in [9.17, 15) is 4.39 Å². The molecule has 0 aromatic heterocycles. The van der Waals surface area contributed by atoms with E-state index in [4.69, 9.17) is 17.3 Å². The Kier molecular flexibility index (Phi) is 4.20. The molecule has 1 heterocycles. The Labute approximate surface area is 106 Å². The molecule has 0 saturated carbocycles. The van der Waals surface area contributed by atoms with E-state index in [0.29, 0.717) is 17.3 Å². The van der Waals surface area contributed by atoms with Crippen LogP contribution in [0.3, 0.4) is 0 Å². The van der Waals surface area contributed by atoms with Crippen molar-refractivity contribution >= 4 is 17.3 Å². The van der Waals surface area contributed by atoms with Crippen LogP contribution >= 0.6 is 11.6 Å². The molecule has 5 heteroatoms. The Morgan fingerprint density at radius 3 is 2.59 bits per heavy atom. The maximum absolute atomic E-state index is 13.7. The number of rotatable bonds is 3. The van der Waals surface area contributed by atoms with Crippen molar-refractivity contribution in [2.75, 3.05) is 44.2 Å². The zero-order valence-corrected chi connectivity index (χ0v) is 10.5. The van der Waals surface area contributed by atoms with Gasteiger partial charge in [0.2, 0.25) is 0 Å². The van der Waals surface area contributed by atoms with E-state index >= 15 is 0 Å². The molecule has 0 atom stereocenters. The number of hydrogen-bond acceptors (Lipinski definition) is 3. The highest BCUT2D eigenvalue weighted by atomic mass is 35.5. The summed E-state index contributed by atoms with van der Waals surface area (Å²) in [6.45, 7) is 5.05. The van der Waals surface area contributed by atoms with Gasteiger partial charge in [0.25, 0.3) is 0 Å². The number of nitrogens with zero attached hydrogens (tertiary/aromatic N) is 2. The second-order valence-corrected chi connectivity index (χ2v) is 4.65. The van der Waals surface area contributed by atoms with Crippen LogP contribution in [0.4, 0.5) is 10.1 Å². The molecule has 3 nitrogen and oxygen atoms in total. The average Bonchev–Trinajstić information content (AvgIpc) is 2.34. The second-order valence-electron chi connectivity index (χ2n) is 4.21. The van der Waals surface area contributed by atoms with Crippen molar-refractivity contribution in [2.24, 2.45) is 5.73 Å². The van der Waals surface area contributed by atoms with Gasteiger partial charge in [-0.05, 0) is 18.2 Å². The lowest BCUT2D eigenvalue weighted by atomic mass is 10.2. The van der Waals surface area contributed by atoms with Crippen molar-refractivity contribution in [1.29, 1.82) is 0 Å². The van der Waals surface area contributed by atoms with Crippen LogP contribution in [0.5, 0.6) is 0 Å². The molecule has 0 unspecified atom stereocenters. The number of nitrogens with two attached hydrogens (primary N) is 1. The third kappa shape index (κ3) is 3.09. The number of benzene rings is 1. The minimum atomic E-state index is -0.207. The van der Waals surface area contributed by atoms with Gasteiger partial charge < -0.3 is 10.6 Å². The van der Waals surface area contributed by atoms with Crippen molar-refractivity contribution in [2.45, 2.75) is 0 Å². The van der Waals surface area contributed by atoms with Crippen molar-refractivity contribution in [1.82, 2.24) is 4.90 Å². The van der Waals surface area contributed by atoms with Crippen molar-refractivity contribution < 1.29 is 4.39 Å². The summed E-state index contributed by atoms with van der Waals surface area (Å²) in [5, 5.41) is 0.575. The highest BCUT2D eigenvalue weighted by molar-refractivity contribution is 6.30. The lowest BCUT2D eigenvalue weighted by Crippen LogP contribution is -2.48. The van der Waals surface area contributed by atoms with Crippen molar-refractivity contribution in [3.05, 3.63) is 29.0 Å². The fourth-order valence-electron chi connectivity index (χ4n) is 2.12. The summed E-state index contributed by atoms with van der Waals surface area (Å²) in [7, 11) is 0.